The summed E-state index contributed by atoms with van der Waals surface area (Å²) in [6, 6.07) is 5.13. The highest BCUT2D eigenvalue weighted by Gasteiger charge is 2.12. The average molecular weight is 248 g/mol. The number of hydrogen-bond donors (Lipinski definition) is 0. The maximum atomic E-state index is 11.4. The number of fused-ring (bicyclic) bond motifs is 1. The summed E-state index contributed by atoms with van der Waals surface area (Å²) >= 11 is 0. The number of methoxy groups -OCH3 is 3. The van der Waals surface area contributed by atoms with Gasteiger partial charge in [0.1, 0.15) is 0 Å². The van der Waals surface area contributed by atoms with Gasteiger partial charge >= 0.3 is 12.0 Å². The molecule has 1 aromatic carbocycles. The van der Waals surface area contributed by atoms with Crippen LogP contribution in [0.5, 0.6) is 11.9 Å². The summed E-state index contributed by atoms with van der Waals surface area (Å²) in [6.45, 7) is 0. The predicted octanol–water partition coefficient (Wildman–Crippen LogP) is 1.43. The zero-order chi connectivity index (χ0) is 13.1. The molecule has 6 nitrogen and oxygen atoms in total. The van der Waals surface area contributed by atoms with Crippen LogP contribution in [0.1, 0.15) is 10.4 Å². The van der Waals surface area contributed by atoms with Crippen LogP contribution in [0.2, 0.25) is 0 Å². The first-order chi connectivity index (χ1) is 8.69. The molecule has 0 aliphatic rings. The number of ether oxygens (including phenoxy) is 3. The number of rotatable bonds is 3. The monoisotopic (exact) mass is 248 g/mol. The summed E-state index contributed by atoms with van der Waals surface area (Å²) in [4.78, 5) is 19.7. The van der Waals surface area contributed by atoms with Crippen molar-refractivity contribution >= 4 is 16.9 Å². The van der Waals surface area contributed by atoms with Crippen molar-refractivity contribution in [3.05, 3.63) is 23.8 Å². The second kappa shape index (κ2) is 4.87. The van der Waals surface area contributed by atoms with Crippen molar-refractivity contribution in [2.45, 2.75) is 0 Å². The van der Waals surface area contributed by atoms with Crippen molar-refractivity contribution in [3.8, 4) is 11.9 Å². The van der Waals surface area contributed by atoms with Gasteiger partial charge in [-0.25, -0.2) is 4.79 Å². The first-order valence-electron chi connectivity index (χ1n) is 5.17. The topological polar surface area (TPSA) is 70.5 Å². The van der Waals surface area contributed by atoms with E-state index < -0.39 is 5.97 Å². The van der Waals surface area contributed by atoms with Gasteiger partial charge in [-0.1, -0.05) is 0 Å². The van der Waals surface area contributed by atoms with E-state index in [2.05, 4.69) is 14.7 Å². The van der Waals surface area contributed by atoms with Crippen molar-refractivity contribution in [2.24, 2.45) is 0 Å². The van der Waals surface area contributed by atoms with Crippen LogP contribution in [0.4, 0.5) is 0 Å². The first kappa shape index (κ1) is 12.1. The molecule has 0 unspecified atom stereocenters. The molecule has 1 heterocycles. The van der Waals surface area contributed by atoms with Crippen molar-refractivity contribution in [1.29, 1.82) is 0 Å². The fourth-order valence-electron chi connectivity index (χ4n) is 1.57. The van der Waals surface area contributed by atoms with Crippen LogP contribution in [-0.2, 0) is 4.74 Å². The van der Waals surface area contributed by atoms with E-state index in [0.29, 0.717) is 22.3 Å². The number of aromatic nitrogens is 2. The first-order valence-corrected chi connectivity index (χ1v) is 5.17. The highest BCUT2D eigenvalue weighted by Crippen LogP contribution is 2.25. The Hall–Kier alpha value is -2.37. The smallest absolute Gasteiger partial charge is 0.337 e. The minimum absolute atomic E-state index is 0.182. The lowest BCUT2D eigenvalue weighted by Gasteiger charge is -2.07. The van der Waals surface area contributed by atoms with E-state index in [9.17, 15) is 4.79 Å². The van der Waals surface area contributed by atoms with E-state index in [1.807, 2.05) is 0 Å². The Bertz CT molecular complexity index is 598. The molecular weight excluding hydrogens is 236 g/mol. The summed E-state index contributed by atoms with van der Waals surface area (Å²) in [5, 5.41) is 0.700. The normalized spacial score (nSPS) is 10.2. The van der Waals surface area contributed by atoms with E-state index in [1.54, 1.807) is 18.2 Å². The van der Waals surface area contributed by atoms with Crippen molar-refractivity contribution in [2.75, 3.05) is 21.3 Å². The quantitative estimate of drug-likeness (QED) is 0.765. The lowest BCUT2D eigenvalue weighted by Crippen LogP contribution is -2.02. The Labute approximate surface area is 104 Å². The van der Waals surface area contributed by atoms with Crippen molar-refractivity contribution in [3.63, 3.8) is 0 Å². The minimum atomic E-state index is -0.423. The molecule has 2 rings (SSSR count). The van der Waals surface area contributed by atoms with Crippen LogP contribution < -0.4 is 9.47 Å². The lowest BCUT2D eigenvalue weighted by atomic mass is 10.1. The Morgan fingerprint density at radius 1 is 1.11 bits per heavy atom. The molecule has 1 aromatic heterocycles. The van der Waals surface area contributed by atoms with Crippen LogP contribution in [-0.4, -0.2) is 37.3 Å². The SMILES string of the molecule is COC(=O)c1ccc2c(OC)nc(OC)nc2c1. The van der Waals surface area contributed by atoms with Crippen LogP contribution >= 0.6 is 0 Å². The summed E-state index contributed by atoms with van der Waals surface area (Å²) in [6.07, 6.45) is 0. The minimum Gasteiger partial charge on any atom is -0.480 e. The third-order valence-corrected chi connectivity index (χ3v) is 2.44. The van der Waals surface area contributed by atoms with E-state index in [1.165, 1.54) is 21.3 Å². The molecule has 0 spiro atoms. The van der Waals surface area contributed by atoms with Gasteiger partial charge in [0.05, 0.1) is 37.8 Å². The van der Waals surface area contributed by atoms with Crippen molar-refractivity contribution < 1.29 is 19.0 Å². The molecule has 18 heavy (non-hydrogen) atoms. The number of carbonyl (C=O) groups is 1. The molecular formula is C12H12N2O4. The number of hydrogen-bond acceptors (Lipinski definition) is 6. The van der Waals surface area contributed by atoms with Gasteiger partial charge in [0, 0.05) is 0 Å². The molecule has 6 heteroatoms. The second-order valence-corrected chi connectivity index (χ2v) is 3.44. The van der Waals surface area contributed by atoms with E-state index in [0.717, 1.165) is 0 Å². The molecule has 0 aliphatic carbocycles. The van der Waals surface area contributed by atoms with Gasteiger partial charge < -0.3 is 14.2 Å². The number of benzene rings is 1. The fraction of sp³-hybridized carbons (Fsp3) is 0.250. The van der Waals surface area contributed by atoms with Crippen LogP contribution in [0.15, 0.2) is 18.2 Å². The maximum absolute atomic E-state index is 11.4. The van der Waals surface area contributed by atoms with Gasteiger partial charge in [-0.15, -0.1) is 0 Å². The van der Waals surface area contributed by atoms with Crippen molar-refractivity contribution in [1.82, 2.24) is 9.97 Å². The fourth-order valence-corrected chi connectivity index (χ4v) is 1.57. The Morgan fingerprint density at radius 2 is 1.89 bits per heavy atom. The van der Waals surface area contributed by atoms with Gasteiger partial charge in [0.25, 0.3) is 0 Å². The maximum Gasteiger partial charge on any atom is 0.337 e. The molecule has 0 atom stereocenters. The zero-order valence-electron chi connectivity index (χ0n) is 10.3. The van der Waals surface area contributed by atoms with Gasteiger partial charge in [0.15, 0.2) is 0 Å². The molecule has 0 fully saturated rings. The van der Waals surface area contributed by atoms with Crippen LogP contribution in [0.25, 0.3) is 10.9 Å². The van der Waals surface area contributed by atoms with E-state index in [4.69, 9.17) is 9.47 Å². The number of carbonyl (C=O) groups excluding carboxylic acids is 1. The summed E-state index contributed by atoms with van der Waals surface area (Å²) in [5.41, 5.74) is 0.967. The molecule has 0 amide bonds. The molecule has 0 radical (unpaired) electrons. The van der Waals surface area contributed by atoms with E-state index >= 15 is 0 Å². The van der Waals surface area contributed by atoms with Gasteiger partial charge in [-0.05, 0) is 18.2 Å². The van der Waals surface area contributed by atoms with Crippen LogP contribution in [0.3, 0.4) is 0 Å². The van der Waals surface area contributed by atoms with Gasteiger partial charge in [0.2, 0.25) is 5.88 Å². The third-order valence-electron chi connectivity index (χ3n) is 2.44. The molecule has 0 aliphatic heterocycles. The second-order valence-electron chi connectivity index (χ2n) is 3.44. The van der Waals surface area contributed by atoms with E-state index in [-0.39, 0.29) is 6.01 Å². The standard InChI is InChI=1S/C12H12N2O4/c1-16-10-8-5-4-7(11(15)17-2)6-9(8)13-12(14-10)18-3/h4-6H,1-3H3. The number of esters is 1. The molecule has 0 bridgehead atoms. The Morgan fingerprint density at radius 3 is 2.50 bits per heavy atom. The van der Waals surface area contributed by atoms with Gasteiger partial charge in [-0.3, -0.25) is 0 Å². The summed E-state index contributed by atoms with van der Waals surface area (Å²) in [7, 11) is 4.30. The number of nitrogens with zero attached hydrogens (tertiary/aromatic N) is 2. The van der Waals surface area contributed by atoms with Gasteiger partial charge in [-0.2, -0.15) is 9.97 Å². The van der Waals surface area contributed by atoms with Crippen LogP contribution in [0, 0.1) is 0 Å². The summed E-state index contributed by atoms with van der Waals surface area (Å²) in [5.74, 6) is -0.0262. The summed E-state index contributed by atoms with van der Waals surface area (Å²) < 4.78 is 14.8. The Balaban J connectivity index is 2.64. The molecule has 0 saturated heterocycles. The lowest BCUT2D eigenvalue weighted by molar-refractivity contribution is 0.0601. The highest BCUT2D eigenvalue weighted by molar-refractivity contribution is 5.95. The third kappa shape index (κ3) is 2.04. The highest BCUT2D eigenvalue weighted by atomic mass is 16.5. The molecule has 2 aromatic rings. The molecule has 0 N–H and O–H groups in total. The zero-order valence-corrected chi connectivity index (χ0v) is 10.3. The average Bonchev–Trinajstić information content (AvgIpc) is 2.44. The molecule has 0 saturated carbocycles. The Kier molecular flexibility index (Phi) is 3.27. The molecule has 94 valence electrons. The predicted molar refractivity (Wildman–Crippen MR) is 64.0 cm³/mol. The largest absolute Gasteiger partial charge is 0.480 e.